The van der Waals surface area contributed by atoms with Gasteiger partial charge in [-0.25, -0.2) is 12.1 Å². The Bertz CT molecular complexity index is 242. The molecule has 0 heterocycles. The van der Waals surface area contributed by atoms with Crippen LogP contribution in [-0.2, 0) is 28.1 Å². The molecule has 1 radical (unpaired) electrons. The minimum absolute atomic E-state index is 0. The molecule has 0 N–H and O–H groups in total. The fraction of sp³-hybridized carbons (Fsp3) is 0.632. The van der Waals surface area contributed by atoms with Crippen LogP contribution >= 0.6 is 24.8 Å². The fourth-order valence-corrected chi connectivity index (χ4v) is 1.51. The van der Waals surface area contributed by atoms with Crippen molar-refractivity contribution in [1.82, 2.24) is 4.90 Å². The molecule has 0 spiro atoms. The summed E-state index contributed by atoms with van der Waals surface area (Å²) in [5.74, 6) is 0. The Balaban J connectivity index is -0.0000000728. The van der Waals surface area contributed by atoms with Gasteiger partial charge in [0.15, 0.2) is 0 Å². The van der Waals surface area contributed by atoms with Gasteiger partial charge < -0.3 is 17.7 Å². The molecule has 0 fully saturated rings. The molecule has 0 aliphatic rings. The van der Waals surface area contributed by atoms with Crippen molar-refractivity contribution >= 4 is 24.8 Å². The van der Waals surface area contributed by atoms with Gasteiger partial charge in [0.25, 0.3) is 0 Å². The normalized spacial score (nSPS) is 8.30. The van der Waals surface area contributed by atoms with Crippen LogP contribution in [0.25, 0.3) is 0 Å². The third-order valence-electron chi connectivity index (χ3n) is 2.73. The molecule has 0 unspecified atom stereocenters. The first-order valence-corrected chi connectivity index (χ1v) is 8.03. The fourth-order valence-electron chi connectivity index (χ4n) is 1.51. The molecule has 0 aliphatic heterocycles. The van der Waals surface area contributed by atoms with Crippen LogP contribution in [0.2, 0.25) is 0 Å². The van der Waals surface area contributed by atoms with Crippen molar-refractivity contribution in [1.29, 1.82) is 0 Å². The molecule has 0 saturated heterocycles. The first-order chi connectivity index (χ1) is 9.62. The van der Waals surface area contributed by atoms with Crippen molar-refractivity contribution in [2.24, 2.45) is 0 Å². The maximum atomic E-state index is 2.20. The number of likely N-dealkylation sites (N-methyl/N-ethyl adjacent to an activating group) is 1. The second-order valence-electron chi connectivity index (χ2n) is 5.24. The van der Waals surface area contributed by atoms with Crippen molar-refractivity contribution in [2.75, 3.05) is 20.6 Å². The third-order valence-corrected chi connectivity index (χ3v) is 2.73. The van der Waals surface area contributed by atoms with Gasteiger partial charge in [-0.15, -0.1) is 24.8 Å². The molecule has 23 heavy (non-hydrogen) atoms. The standard InChI is InChI=1S/C9H14N.2C5H11.2ClH.Ti/c1-10(2)8-7-9-5-3-4-6-9;2*1-3-5-4-2;;;/h3-6H,7-8H2,1-2H3;2*3H,4-5H2,1-2H3;2*1H;/q3*-1;;;+3. The Morgan fingerprint density at radius 1 is 0.870 bits per heavy atom. The van der Waals surface area contributed by atoms with Crippen molar-refractivity contribution in [3.63, 3.8) is 0 Å². The summed E-state index contributed by atoms with van der Waals surface area (Å²) >= 11 is 0. The monoisotopic (exact) mass is 398 g/mol. The number of hydrogen-bond acceptors (Lipinski definition) is 1. The van der Waals surface area contributed by atoms with E-state index in [1.54, 1.807) is 0 Å². The second-order valence-corrected chi connectivity index (χ2v) is 5.24. The molecule has 1 nitrogen and oxygen atoms in total. The van der Waals surface area contributed by atoms with Crippen LogP contribution in [0.5, 0.6) is 0 Å². The van der Waals surface area contributed by atoms with Crippen LogP contribution in [0.1, 0.15) is 58.9 Å². The number of rotatable bonds is 7. The van der Waals surface area contributed by atoms with Gasteiger partial charge in [-0.1, -0.05) is 33.1 Å². The molecule has 1 aromatic rings. The predicted molar refractivity (Wildman–Crippen MR) is 109 cm³/mol. The Morgan fingerprint density at radius 2 is 1.26 bits per heavy atom. The average Bonchev–Trinajstić information content (AvgIpc) is 2.93. The molecular formula is C19H38Cl2NTi. The zero-order valence-corrected chi connectivity index (χ0v) is 19.2. The van der Waals surface area contributed by atoms with E-state index in [2.05, 4.69) is 83.8 Å². The van der Waals surface area contributed by atoms with E-state index in [4.69, 9.17) is 0 Å². The van der Waals surface area contributed by atoms with E-state index in [0.29, 0.717) is 0 Å². The van der Waals surface area contributed by atoms with E-state index in [1.807, 2.05) is 0 Å². The van der Waals surface area contributed by atoms with Crippen molar-refractivity contribution in [3.05, 3.63) is 42.7 Å². The van der Waals surface area contributed by atoms with Gasteiger partial charge in [0.1, 0.15) is 0 Å². The van der Waals surface area contributed by atoms with Crippen LogP contribution in [-0.4, -0.2) is 25.5 Å². The molecule has 4 heteroatoms. The van der Waals surface area contributed by atoms with E-state index >= 15 is 0 Å². The van der Waals surface area contributed by atoms with Crippen molar-refractivity contribution in [2.45, 2.75) is 59.8 Å². The number of halogens is 2. The first kappa shape index (κ1) is 34.8. The second kappa shape index (κ2) is 30.5. The third kappa shape index (κ3) is 34.8. The van der Waals surface area contributed by atoms with Gasteiger partial charge in [0.05, 0.1) is 0 Å². The summed E-state index contributed by atoms with van der Waals surface area (Å²) in [5, 5.41) is 0. The quantitative estimate of drug-likeness (QED) is 0.380. The van der Waals surface area contributed by atoms with Crippen LogP contribution in [0.15, 0.2) is 24.3 Å². The smallest absolute Gasteiger partial charge is 0.332 e. The van der Waals surface area contributed by atoms with Gasteiger partial charge in [0, 0.05) is 0 Å². The molecule has 0 amide bonds. The van der Waals surface area contributed by atoms with Crippen LogP contribution < -0.4 is 0 Å². The van der Waals surface area contributed by atoms with Gasteiger partial charge >= 0.3 is 21.7 Å². The summed E-state index contributed by atoms with van der Waals surface area (Å²) in [7, 11) is 4.20. The molecule has 1 aromatic carbocycles. The van der Waals surface area contributed by atoms with Gasteiger partial charge in [0.2, 0.25) is 0 Å². The number of hydrogen-bond donors (Lipinski definition) is 0. The van der Waals surface area contributed by atoms with E-state index in [0.717, 1.165) is 6.54 Å². The first-order valence-electron chi connectivity index (χ1n) is 8.03. The summed E-state index contributed by atoms with van der Waals surface area (Å²) < 4.78 is 0. The summed E-state index contributed by atoms with van der Waals surface area (Å²) in [6, 6.07) is 8.52. The maximum absolute atomic E-state index is 2.20. The molecular weight excluding hydrogens is 361 g/mol. The Kier molecular flexibility index (Phi) is 46.2. The van der Waals surface area contributed by atoms with Crippen LogP contribution in [0.4, 0.5) is 0 Å². The maximum Gasteiger partial charge on any atom is 3.00 e. The minimum Gasteiger partial charge on any atom is -0.332 e. The average molecular weight is 399 g/mol. The molecule has 137 valence electrons. The summed E-state index contributed by atoms with van der Waals surface area (Å²) in [6.07, 6.45) is 10.6. The molecule has 0 aliphatic carbocycles. The predicted octanol–water partition coefficient (Wildman–Crippen LogP) is 6.37. The van der Waals surface area contributed by atoms with E-state index in [1.165, 1.54) is 37.7 Å². The molecule has 1 rings (SSSR count). The van der Waals surface area contributed by atoms with Gasteiger partial charge in [-0.3, -0.25) is 0 Å². The number of unbranched alkanes of at least 4 members (excludes halogenated alkanes) is 4. The van der Waals surface area contributed by atoms with Crippen LogP contribution in [0, 0.1) is 12.8 Å². The number of nitrogens with zero attached hydrogens (tertiary/aromatic N) is 1. The zero-order chi connectivity index (χ0) is 15.6. The molecule has 0 aromatic heterocycles. The van der Waals surface area contributed by atoms with E-state index in [-0.39, 0.29) is 46.5 Å². The SMILES string of the molecule is CN(C)CC[c-]1cccc1.C[CH-]CCC.C[CH-]CCC.Cl.Cl.[Ti+3]. The molecule has 0 bridgehead atoms. The largest absolute Gasteiger partial charge is 3.00 e. The molecule has 0 saturated carbocycles. The Labute approximate surface area is 174 Å². The summed E-state index contributed by atoms with van der Waals surface area (Å²) in [5.41, 5.74) is 1.44. The Hall–Kier alpha value is 0.604. The van der Waals surface area contributed by atoms with E-state index in [9.17, 15) is 0 Å². The topological polar surface area (TPSA) is 3.24 Å². The zero-order valence-electron chi connectivity index (χ0n) is 16.0. The summed E-state index contributed by atoms with van der Waals surface area (Å²) in [6.45, 7) is 9.68. The van der Waals surface area contributed by atoms with Crippen LogP contribution in [0.3, 0.4) is 0 Å². The van der Waals surface area contributed by atoms with Gasteiger partial charge in [-0.05, 0) is 20.6 Å². The summed E-state index contributed by atoms with van der Waals surface area (Å²) in [4.78, 5) is 2.20. The van der Waals surface area contributed by atoms with Crippen molar-refractivity contribution in [3.8, 4) is 0 Å². The van der Waals surface area contributed by atoms with Gasteiger partial charge in [-0.2, -0.15) is 44.4 Å². The molecule has 0 atom stereocenters. The van der Waals surface area contributed by atoms with E-state index < -0.39 is 0 Å². The van der Waals surface area contributed by atoms with Crippen molar-refractivity contribution < 1.29 is 21.7 Å². The Morgan fingerprint density at radius 3 is 1.48 bits per heavy atom. The minimum atomic E-state index is 0.